The summed E-state index contributed by atoms with van der Waals surface area (Å²) in [5.41, 5.74) is 3.12. The molecule has 0 atom stereocenters. The Bertz CT molecular complexity index is 1370. The van der Waals surface area contributed by atoms with Crippen LogP contribution in [0.15, 0.2) is 89.7 Å². The predicted molar refractivity (Wildman–Crippen MR) is 123 cm³/mol. The Kier molecular flexibility index (Phi) is 5.54. The van der Waals surface area contributed by atoms with Crippen molar-refractivity contribution >= 4 is 23.2 Å². The number of benzene rings is 2. The molecule has 0 aliphatic carbocycles. The molecule has 6 nitrogen and oxygen atoms in total. The Morgan fingerprint density at radius 2 is 1.44 bits per heavy atom. The van der Waals surface area contributed by atoms with Crippen molar-refractivity contribution in [2.45, 2.75) is 0 Å². The Morgan fingerprint density at radius 1 is 0.719 bits per heavy atom. The monoisotopic (exact) mass is 460 g/mol. The van der Waals surface area contributed by atoms with E-state index >= 15 is 0 Å². The van der Waals surface area contributed by atoms with Crippen molar-refractivity contribution < 1.29 is 9.26 Å². The molecule has 0 aliphatic rings. The van der Waals surface area contributed by atoms with Crippen LogP contribution < -0.4 is 4.74 Å². The van der Waals surface area contributed by atoms with E-state index in [1.165, 1.54) is 0 Å². The van der Waals surface area contributed by atoms with Gasteiger partial charge in [-0.15, -0.1) is 0 Å². The number of halogens is 2. The van der Waals surface area contributed by atoms with Gasteiger partial charge in [-0.3, -0.25) is 4.98 Å². The number of aromatic nitrogens is 4. The molecular formula is C24H14Cl2N4O2. The number of nitrogens with zero attached hydrogens (tertiary/aromatic N) is 4. The average molecular weight is 461 g/mol. The first-order valence-electron chi connectivity index (χ1n) is 9.60. The lowest BCUT2D eigenvalue weighted by Crippen LogP contribution is -1.91. The lowest BCUT2D eigenvalue weighted by Gasteiger charge is -2.05. The van der Waals surface area contributed by atoms with Crippen molar-refractivity contribution in [1.29, 1.82) is 0 Å². The normalized spacial score (nSPS) is 10.8. The zero-order chi connectivity index (χ0) is 21.9. The van der Waals surface area contributed by atoms with Crippen molar-refractivity contribution in [2.24, 2.45) is 0 Å². The maximum atomic E-state index is 5.98. The summed E-state index contributed by atoms with van der Waals surface area (Å²) in [6.45, 7) is 0. The van der Waals surface area contributed by atoms with Gasteiger partial charge in [0.05, 0.1) is 5.56 Å². The molecular weight excluding hydrogens is 447 g/mol. The smallest absolute Gasteiger partial charge is 0.259 e. The molecule has 5 rings (SSSR count). The van der Waals surface area contributed by atoms with Gasteiger partial charge in [0.2, 0.25) is 11.7 Å². The summed E-state index contributed by atoms with van der Waals surface area (Å²) < 4.78 is 11.3. The summed E-state index contributed by atoms with van der Waals surface area (Å²) in [4.78, 5) is 13.3. The van der Waals surface area contributed by atoms with Crippen LogP contribution in [0.4, 0.5) is 0 Å². The molecule has 0 aliphatic heterocycles. The van der Waals surface area contributed by atoms with E-state index in [9.17, 15) is 0 Å². The summed E-state index contributed by atoms with van der Waals surface area (Å²) in [7, 11) is 0. The Hall–Kier alpha value is -3.74. The van der Waals surface area contributed by atoms with Crippen LogP contribution in [0.2, 0.25) is 10.0 Å². The van der Waals surface area contributed by atoms with E-state index in [1.807, 2.05) is 36.4 Å². The summed E-state index contributed by atoms with van der Waals surface area (Å²) >= 11 is 11.9. The van der Waals surface area contributed by atoms with Gasteiger partial charge in [0, 0.05) is 34.1 Å². The summed E-state index contributed by atoms with van der Waals surface area (Å²) in [6.07, 6.45) is 3.44. The second-order valence-corrected chi connectivity index (χ2v) is 7.68. The number of hydrogen-bond acceptors (Lipinski definition) is 6. The molecule has 0 unspecified atom stereocenters. The first-order valence-corrected chi connectivity index (χ1v) is 10.4. The van der Waals surface area contributed by atoms with Crippen molar-refractivity contribution in [1.82, 2.24) is 20.1 Å². The Morgan fingerprint density at radius 3 is 2.22 bits per heavy atom. The van der Waals surface area contributed by atoms with Crippen LogP contribution >= 0.6 is 23.2 Å². The molecule has 8 heteroatoms. The summed E-state index contributed by atoms with van der Waals surface area (Å²) in [6, 6.07) is 21.8. The fraction of sp³-hybridized carbons (Fsp3) is 0. The molecule has 0 spiro atoms. The number of ether oxygens (including phenoxy) is 1. The van der Waals surface area contributed by atoms with E-state index in [4.69, 9.17) is 32.5 Å². The van der Waals surface area contributed by atoms with Crippen LogP contribution in [0.25, 0.3) is 34.1 Å². The van der Waals surface area contributed by atoms with Gasteiger partial charge in [-0.25, -0.2) is 4.98 Å². The Balaban J connectivity index is 1.40. The molecule has 156 valence electrons. The van der Waals surface area contributed by atoms with Gasteiger partial charge in [-0.2, -0.15) is 4.98 Å². The molecule has 0 N–H and O–H groups in total. The molecule has 3 heterocycles. The summed E-state index contributed by atoms with van der Waals surface area (Å²) in [5.74, 6) is 1.72. The average Bonchev–Trinajstić information content (AvgIpc) is 3.32. The third kappa shape index (κ3) is 4.46. The number of pyridine rings is 2. The molecule has 5 aromatic rings. The van der Waals surface area contributed by atoms with Gasteiger partial charge in [0.15, 0.2) is 0 Å². The van der Waals surface area contributed by atoms with Gasteiger partial charge in [0.25, 0.3) is 5.89 Å². The largest absolute Gasteiger partial charge is 0.439 e. The minimum atomic E-state index is 0.342. The highest BCUT2D eigenvalue weighted by molar-refractivity contribution is 6.30. The van der Waals surface area contributed by atoms with Gasteiger partial charge in [-0.1, -0.05) is 46.6 Å². The Labute approximate surface area is 193 Å². The van der Waals surface area contributed by atoms with Crippen molar-refractivity contribution in [3.63, 3.8) is 0 Å². The third-order valence-electron chi connectivity index (χ3n) is 4.58. The highest BCUT2D eigenvalue weighted by Crippen LogP contribution is 2.28. The van der Waals surface area contributed by atoms with Gasteiger partial charge in [-0.05, 0) is 54.1 Å². The second-order valence-electron chi connectivity index (χ2n) is 6.81. The summed E-state index contributed by atoms with van der Waals surface area (Å²) in [5, 5.41) is 5.38. The minimum absolute atomic E-state index is 0.342. The lowest BCUT2D eigenvalue weighted by molar-refractivity contribution is 0.431. The van der Waals surface area contributed by atoms with Gasteiger partial charge >= 0.3 is 0 Å². The van der Waals surface area contributed by atoms with E-state index in [2.05, 4.69) is 20.1 Å². The first kappa shape index (κ1) is 20.2. The molecule has 0 fully saturated rings. The molecule has 32 heavy (non-hydrogen) atoms. The minimum Gasteiger partial charge on any atom is -0.439 e. The lowest BCUT2D eigenvalue weighted by atomic mass is 10.1. The van der Waals surface area contributed by atoms with Crippen LogP contribution in [-0.4, -0.2) is 20.1 Å². The predicted octanol–water partition coefficient (Wildman–Crippen LogP) is 6.96. The number of hydrogen-bond donors (Lipinski definition) is 0. The maximum absolute atomic E-state index is 5.98. The van der Waals surface area contributed by atoms with Crippen molar-refractivity contribution in [3.05, 3.63) is 95.2 Å². The molecule has 2 aromatic carbocycles. The van der Waals surface area contributed by atoms with Gasteiger partial charge < -0.3 is 9.26 Å². The van der Waals surface area contributed by atoms with Crippen LogP contribution in [0.3, 0.4) is 0 Å². The van der Waals surface area contributed by atoms with E-state index in [0.717, 1.165) is 11.1 Å². The number of rotatable bonds is 5. The fourth-order valence-electron chi connectivity index (χ4n) is 3.02. The third-order valence-corrected chi connectivity index (χ3v) is 5.08. The zero-order valence-electron chi connectivity index (χ0n) is 16.4. The first-order chi connectivity index (χ1) is 15.6. The van der Waals surface area contributed by atoms with Crippen LogP contribution in [0.1, 0.15) is 0 Å². The second kappa shape index (κ2) is 8.78. The van der Waals surface area contributed by atoms with Gasteiger partial charge in [0.1, 0.15) is 11.4 Å². The SMILES string of the molecule is Clc1ccc(Oc2cccc(-c3noc(-c4cncc(-c5ccc(Cl)cc5)c4)n3)n2)cc1. The van der Waals surface area contributed by atoms with E-state index in [0.29, 0.717) is 44.6 Å². The molecule has 0 saturated carbocycles. The fourth-order valence-corrected chi connectivity index (χ4v) is 3.27. The maximum Gasteiger partial charge on any atom is 0.259 e. The van der Waals surface area contributed by atoms with Crippen LogP contribution in [0.5, 0.6) is 11.6 Å². The molecule has 0 radical (unpaired) electrons. The highest BCUT2D eigenvalue weighted by atomic mass is 35.5. The quantitative estimate of drug-likeness (QED) is 0.282. The van der Waals surface area contributed by atoms with E-state index < -0.39 is 0 Å². The molecule has 0 bridgehead atoms. The van der Waals surface area contributed by atoms with Crippen LogP contribution in [-0.2, 0) is 0 Å². The molecule has 0 amide bonds. The van der Waals surface area contributed by atoms with Crippen LogP contribution in [0, 0.1) is 0 Å². The van der Waals surface area contributed by atoms with Crippen molar-refractivity contribution in [3.8, 4) is 45.7 Å². The zero-order valence-corrected chi connectivity index (χ0v) is 18.0. The van der Waals surface area contributed by atoms with Crippen molar-refractivity contribution in [2.75, 3.05) is 0 Å². The van der Waals surface area contributed by atoms with E-state index in [-0.39, 0.29) is 0 Å². The highest BCUT2D eigenvalue weighted by Gasteiger charge is 2.14. The van der Waals surface area contributed by atoms with E-state index in [1.54, 1.807) is 48.8 Å². The standard InChI is InChI=1S/C24H14Cl2N4O2/c25-18-6-4-15(5-7-18)16-12-17(14-27-13-16)24-29-23(30-32-24)21-2-1-3-22(28-21)31-20-10-8-19(26)9-11-20/h1-14H. The molecule has 3 aromatic heterocycles. The topological polar surface area (TPSA) is 73.9 Å². The molecule has 0 saturated heterocycles.